The predicted octanol–water partition coefficient (Wildman–Crippen LogP) is 3.56. The summed E-state index contributed by atoms with van der Waals surface area (Å²) in [6, 6.07) is 11.5. The first-order chi connectivity index (χ1) is 14.9. The summed E-state index contributed by atoms with van der Waals surface area (Å²) >= 11 is -1.13. The Hall–Kier alpha value is -2.65. The number of hydrogen-bond donors (Lipinski definition) is 1. The molecule has 0 spiro atoms. The number of ether oxygens (including phenoxy) is 1. The normalized spacial score (nSPS) is 16.8. The molecule has 9 heteroatoms. The molecule has 31 heavy (non-hydrogen) atoms. The van der Waals surface area contributed by atoms with Crippen LogP contribution in [0.5, 0.6) is 0 Å². The Kier molecular flexibility index (Phi) is 7.86. The van der Waals surface area contributed by atoms with E-state index in [-0.39, 0.29) is 25.4 Å². The number of halogens is 2. The standard InChI is InChI=1S/C22H24F2N2O4S/c1-15(27)25-12-19-13-26(22(28)30-19)18-7-8-20(21(24)11-18)17-5-3-16(4-6-17)14-31(29)10-2-9-23/h3-8,11,19H,2,9-10,12-14H2,1H3,(H,25,27)/t19-,31?/m0/s1. The van der Waals surface area contributed by atoms with Gasteiger partial charge in [-0.25, -0.2) is 9.18 Å². The summed E-state index contributed by atoms with van der Waals surface area (Å²) in [6.45, 7) is 1.31. The molecule has 2 amide bonds. The van der Waals surface area contributed by atoms with E-state index in [0.717, 1.165) is 5.56 Å². The van der Waals surface area contributed by atoms with E-state index < -0.39 is 35.9 Å². The van der Waals surface area contributed by atoms with Gasteiger partial charge in [0.25, 0.3) is 0 Å². The summed E-state index contributed by atoms with van der Waals surface area (Å²) in [4.78, 5) is 24.5. The van der Waals surface area contributed by atoms with Crippen molar-refractivity contribution in [2.45, 2.75) is 25.2 Å². The van der Waals surface area contributed by atoms with E-state index in [1.54, 1.807) is 36.4 Å². The molecule has 2 aromatic carbocycles. The number of rotatable bonds is 9. The van der Waals surface area contributed by atoms with Crippen LogP contribution < -0.4 is 10.2 Å². The van der Waals surface area contributed by atoms with Crippen LogP contribution in [0.4, 0.5) is 19.3 Å². The lowest BCUT2D eigenvalue weighted by Gasteiger charge is -2.15. The SMILES string of the molecule is CC(=O)NC[C@H]1CN(c2ccc(-c3ccc(C[S+]([O-])CCCF)cc3)c(F)c2)C(=O)O1. The lowest BCUT2D eigenvalue weighted by molar-refractivity contribution is -0.119. The topological polar surface area (TPSA) is 81.7 Å². The van der Waals surface area contributed by atoms with Crippen LogP contribution in [0.1, 0.15) is 18.9 Å². The smallest absolute Gasteiger partial charge is 0.414 e. The first kappa shape index (κ1) is 23.0. The number of cyclic esters (lactones) is 1. The maximum Gasteiger partial charge on any atom is 0.414 e. The highest BCUT2D eigenvalue weighted by Crippen LogP contribution is 2.29. The van der Waals surface area contributed by atoms with Gasteiger partial charge in [-0.1, -0.05) is 24.3 Å². The summed E-state index contributed by atoms with van der Waals surface area (Å²) in [5.74, 6) is -0.0611. The van der Waals surface area contributed by atoms with Gasteiger partial charge in [-0.05, 0) is 34.9 Å². The summed E-state index contributed by atoms with van der Waals surface area (Å²) in [7, 11) is 0. The largest absolute Gasteiger partial charge is 0.616 e. The second kappa shape index (κ2) is 10.6. The molecule has 6 nitrogen and oxygen atoms in total. The summed E-state index contributed by atoms with van der Waals surface area (Å²) in [5.41, 5.74) is 2.23. The second-order valence-corrected chi connectivity index (χ2v) is 8.82. The van der Waals surface area contributed by atoms with E-state index in [9.17, 15) is 22.9 Å². The number of carbonyl (C=O) groups excluding carboxylic acids is 2. The van der Waals surface area contributed by atoms with Crippen molar-refractivity contribution in [3.8, 4) is 11.1 Å². The number of hydrogen-bond acceptors (Lipinski definition) is 4. The fourth-order valence-corrected chi connectivity index (χ4v) is 4.40. The average molecular weight is 451 g/mol. The molecule has 1 heterocycles. The Labute approximate surface area is 182 Å². The lowest BCUT2D eigenvalue weighted by Crippen LogP contribution is -2.33. The van der Waals surface area contributed by atoms with Gasteiger partial charge in [0, 0.05) is 24.5 Å². The van der Waals surface area contributed by atoms with Gasteiger partial charge in [0.05, 0.1) is 25.5 Å². The van der Waals surface area contributed by atoms with Crippen LogP contribution in [-0.2, 0) is 26.5 Å². The van der Waals surface area contributed by atoms with Crippen LogP contribution >= 0.6 is 0 Å². The van der Waals surface area contributed by atoms with Crippen molar-refractivity contribution in [3.63, 3.8) is 0 Å². The van der Waals surface area contributed by atoms with Gasteiger partial charge in [0.1, 0.15) is 23.4 Å². The molecule has 1 N–H and O–H groups in total. The predicted molar refractivity (Wildman–Crippen MR) is 115 cm³/mol. The molecule has 1 fully saturated rings. The van der Waals surface area contributed by atoms with Crippen LogP contribution in [-0.4, -0.2) is 48.2 Å². The Balaban J connectivity index is 1.67. The van der Waals surface area contributed by atoms with Gasteiger partial charge >= 0.3 is 6.09 Å². The highest BCUT2D eigenvalue weighted by atomic mass is 32.2. The molecule has 2 atom stereocenters. The molecular formula is C22H24F2N2O4S. The van der Waals surface area contributed by atoms with E-state index in [1.807, 2.05) is 0 Å². The van der Waals surface area contributed by atoms with Crippen LogP contribution in [0.25, 0.3) is 11.1 Å². The fourth-order valence-electron chi connectivity index (χ4n) is 3.26. The maximum atomic E-state index is 14.8. The zero-order valence-corrected chi connectivity index (χ0v) is 17.9. The van der Waals surface area contributed by atoms with Crippen molar-refractivity contribution in [1.29, 1.82) is 0 Å². The third-order valence-electron chi connectivity index (χ3n) is 4.82. The van der Waals surface area contributed by atoms with Gasteiger partial charge in [-0.2, -0.15) is 0 Å². The Bertz CT molecular complexity index is 926. The molecule has 0 radical (unpaired) electrons. The van der Waals surface area contributed by atoms with Crippen molar-refractivity contribution < 1.29 is 27.7 Å². The molecule has 2 aromatic rings. The minimum absolute atomic E-state index is 0.197. The van der Waals surface area contributed by atoms with E-state index in [2.05, 4.69) is 5.32 Å². The van der Waals surface area contributed by atoms with Crippen LogP contribution in [0.3, 0.4) is 0 Å². The minimum atomic E-state index is -1.13. The molecule has 1 saturated heterocycles. The first-order valence-electron chi connectivity index (χ1n) is 9.89. The number of nitrogens with zero attached hydrogens (tertiary/aromatic N) is 1. The van der Waals surface area contributed by atoms with Crippen LogP contribution in [0.15, 0.2) is 42.5 Å². The summed E-state index contributed by atoms with van der Waals surface area (Å²) in [6.07, 6.45) is -0.810. The molecule has 0 saturated carbocycles. The van der Waals surface area contributed by atoms with E-state index in [4.69, 9.17) is 4.74 Å². The highest BCUT2D eigenvalue weighted by molar-refractivity contribution is 7.90. The highest BCUT2D eigenvalue weighted by Gasteiger charge is 2.32. The van der Waals surface area contributed by atoms with E-state index in [1.165, 1.54) is 17.9 Å². The number of alkyl halides is 1. The monoisotopic (exact) mass is 450 g/mol. The first-order valence-corrected chi connectivity index (χ1v) is 11.4. The number of carbonyl (C=O) groups is 2. The van der Waals surface area contributed by atoms with Gasteiger partial charge in [0.15, 0.2) is 0 Å². The number of amides is 2. The zero-order chi connectivity index (χ0) is 22.4. The number of anilines is 1. The molecule has 3 rings (SSSR count). The second-order valence-electron chi connectivity index (χ2n) is 7.25. The van der Waals surface area contributed by atoms with E-state index in [0.29, 0.717) is 28.3 Å². The zero-order valence-electron chi connectivity index (χ0n) is 17.1. The fraction of sp³-hybridized carbons (Fsp3) is 0.364. The quantitative estimate of drug-likeness (QED) is 0.593. The summed E-state index contributed by atoms with van der Waals surface area (Å²) < 4.78 is 44.1. The van der Waals surface area contributed by atoms with Crippen LogP contribution in [0, 0.1) is 5.82 Å². The van der Waals surface area contributed by atoms with Crippen molar-refractivity contribution in [3.05, 3.63) is 53.8 Å². The van der Waals surface area contributed by atoms with Gasteiger partial charge in [-0.3, -0.25) is 14.1 Å². The van der Waals surface area contributed by atoms with E-state index >= 15 is 0 Å². The molecule has 166 valence electrons. The molecule has 1 unspecified atom stereocenters. The molecule has 0 aromatic heterocycles. The summed E-state index contributed by atoms with van der Waals surface area (Å²) in [5, 5.41) is 2.60. The van der Waals surface area contributed by atoms with Crippen LogP contribution in [0.2, 0.25) is 0 Å². The minimum Gasteiger partial charge on any atom is -0.616 e. The van der Waals surface area contributed by atoms with Gasteiger partial charge < -0.3 is 14.6 Å². The Morgan fingerprint density at radius 2 is 2.03 bits per heavy atom. The molecule has 0 bridgehead atoms. The van der Waals surface area contributed by atoms with Gasteiger partial charge in [0.2, 0.25) is 5.91 Å². The number of benzene rings is 2. The number of nitrogens with one attached hydrogen (secondary N) is 1. The average Bonchev–Trinajstić information content (AvgIpc) is 3.12. The third-order valence-corrected chi connectivity index (χ3v) is 6.21. The third kappa shape index (κ3) is 6.18. The molecule has 1 aliphatic heterocycles. The maximum absolute atomic E-state index is 14.8. The Morgan fingerprint density at radius 1 is 1.29 bits per heavy atom. The molecule has 1 aliphatic rings. The van der Waals surface area contributed by atoms with Crippen molar-refractivity contribution in [2.75, 3.05) is 30.4 Å². The van der Waals surface area contributed by atoms with Crippen molar-refractivity contribution in [2.24, 2.45) is 0 Å². The van der Waals surface area contributed by atoms with Crippen molar-refractivity contribution in [1.82, 2.24) is 5.32 Å². The molecular weight excluding hydrogens is 426 g/mol. The van der Waals surface area contributed by atoms with Crippen molar-refractivity contribution >= 4 is 28.9 Å². The lowest BCUT2D eigenvalue weighted by atomic mass is 10.0. The Morgan fingerprint density at radius 3 is 2.68 bits per heavy atom. The van der Waals surface area contributed by atoms with Gasteiger partial charge in [-0.15, -0.1) is 0 Å². The molecule has 0 aliphatic carbocycles.